The summed E-state index contributed by atoms with van der Waals surface area (Å²) in [4.78, 5) is 19.2. The van der Waals surface area contributed by atoms with Crippen LogP contribution in [0, 0.1) is 0 Å². The molecule has 1 aromatic heterocycles. The third kappa shape index (κ3) is 3.45. The van der Waals surface area contributed by atoms with Gasteiger partial charge in [-0.25, -0.2) is 4.98 Å². The van der Waals surface area contributed by atoms with Crippen molar-refractivity contribution in [2.24, 2.45) is 0 Å². The Morgan fingerprint density at radius 3 is 2.95 bits per heavy atom. The van der Waals surface area contributed by atoms with Crippen LogP contribution in [0.15, 0.2) is 12.1 Å². The van der Waals surface area contributed by atoms with Crippen LogP contribution in [0.2, 0.25) is 0 Å². The summed E-state index contributed by atoms with van der Waals surface area (Å²) in [7, 11) is 0. The van der Waals surface area contributed by atoms with Gasteiger partial charge in [0.25, 0.3) is 5.91 Å². The molecule has 0 spiro atoms. The Labute approximate surface area is 125 Å². The summed E-state index contributed by atoms with van der Waals surface area (Å²) in [5, 5.41) is 3.21. The molecule has 2 heterocycles. The van der Waals surface area contributed by atoms with Crippen molar-refractivity contribution >= 4 is 23.5 Å². The zero-order chi connectivity index (χ0) is 14.5. The smallest absolute Gasteiger partial charge is 0.254 e. The lowest BCUT2D eigenvalue weighted by molar-refractivity contribution is 0.0716. The number of carbonyl (C=O) groups is 1. The summed E-state index contributed by atoms with van der Waals surface area (Å²) in [6.45, 7) is 7.87. The van der Waals surface area contributed by atoms with Crippen LogP contribution < -0.4 is 5.32 Å². The highest BCUT2D eigenvalue weighted by molar-refractivity contribution is 7.99. The van der Waals surface area contributed by atoms with Crippen LogP contribution in [-0.2, 0) is 6.42 Å². The molecule has 2 rings (SSSR count). The number of carbonyl (C=O) groups excluding carboxylic acids is 1. The number of nitrogens with zero attached hydrogens (tertiary/aromatic N) is 2. The van der Waals surface area contributed by atoms with E-state index in [0.29, 0.717) is 6.04 Å². The van der Waals surface area contributed by atoms with Crippen molar-refractivity contribution < 1.29 is 4.79 Å². The number of aryl methyl sites for hydroxylation is 1. The van der Waals surface area contributed by atoms with E-state index < -0.39 is 0 Å². The Hall–Kier alpha value is -1.23. The van der Waals surface area contributed by atoms with E-state index in [0.717, 1.165) is 48.1 Å². The molecule has 0 saturated carbocycles. The highest BCUT2D eigenvalue weighted by Gasteiger charge is 2.25. The number of thioether (sulfide) groups is 1. The first-order valence-electron chi connectivity index (χ1n) is 7.29. The summed E-state index contributed by atoms with van der Waals surface area (Å²) >= 11 is 1.92. The average Bonchev–Trinajstić information content (AvgIpc) is 2.47. The SMILES string of the molecule is CCNc1cc(C(=O)N2CCSCC2C)cc(CC)n1. The largest absolute Gasteiger partial charge is 0.370 e. The number of pyridine rings is 1. The number of hydrogen-bond acceptors (Lipinski definition) is 4. The molecule has 1 aliphatic rings. The fraction of sp³-hybridized carbons (Fsp3) is 0.600. The van der Waals surface area contributed by atoms with Gasteiger partial charge < -0.3 is 10.2 Å². The maximum absolute atomic E-state index is 12.7. The monoisotopic (exact) mass is 293 g/mol. The second-order valence-corrected chi connectivity index (χ2v) is 6.19. The Bertz CT molecular complexity index is 478. The quantitative estimate of drug-likeness (QED) is 0.927. The first-order valence-corrected chi connectivity index (χ1v) is 8.44. The molecule has 0 bridgehead atoms. The number of rotatable bonds is 4. The minimum absolute atomic E-state index is 0.133. The standard InChI is InChI=1S/C15H23N3OS/c1-4-13-8-12(9-14(17-13)16-5-2)15(19)18-6-7-20-10-11(18)3/h8-9,11H,4-7,10H2,1-3H3,(H,16,17). The van der Waals surface area contributed by atoms with Crippen molar-refractivity contribution in [2.45, 2.75) is 33.2 Å². The van der Waals surface area contributed by atoms with Crippen LogP contribution in [0.5, 0.6) is 0 Å². The molecule has 1 amide bonds. The topological polar surface area (TPSA) is 45.2 Å². The van der Waals surface area contributed by atoms with E-state index >= 15 is 0 Å². The van der Waals surface area contributed by atoms with Crippen LogP contribution in [-0.4, -0.2) is 46.4 Å². The highest BCUT2D eigenvalue weighted by Crippen LogP contribution is 2.20. The highest BCUT2D eigenvalue weighted by atomic mass is 32.2. The maximum atomic E-state index is 12.7. The fourth-order valence-electron chi connectivity index (χ4n) is 2.36. The van der Waals surface area contributed by atoms with E-state index in [4.69, 9.17) is 0 Å². The van der Waals surface area contributed by atoms with E-state index in [2.05, 4.69) is 24.1 Å². The molecule has 1 fully saturated rings. The maximum Gasteiger partial charge on any atom is 0.254 e. The van der Waals surface area contributed by atoms with Gasteiger partial charge >= 0.3 is 0 Å². The van der Waals surface area contributed by atoms with Gasteiger partial charge in [0.15, 0.2) is 0 Å². The summed E-state index contributed by atoms with van der Waals surface area (Å²) < 4.78 is 0. The summed E-state index contributed by atoms with van der Waals surface area (Å²) in [6.07, 6.45) is 0.838. The molecule has 5 heteroatoms. The molecule has 4 nitrogen and oxygen atoms in total. The lowest BCUT2D eigenvalue weighted by Gasteiger charge is -2.33. The third-order valence-electron chi connectivity index (χ3n) is 3.47. The van der Waals surface area contributed by atoms with Gasteiger partial charge in [0.05, 0.1) is 0 Å². The summed E-state index contributed by atoms with van der Waals surface area (Å²) in [6, 6.07) is 4.11. The first-order chi connectivity index (χ1) is 9.65. The first kappa shape index (κ1) is 15.2. The number of nitrogens with one attached hydrogen (secondary N) is 1. The second kappa shape index (κ2) is 6.97. The molecular weight excluding hydrogens is 270 g/mol. The van der Waals surface area contributed by atoms with Crippen molar-refractivity contribution in [2.75, 3.05) is 29.9 Å². The van der Waals surface area contributed by atoms with Gasteiger partial charge in [-0.2, -0.15) is 11.8 Å². The summed E-state index contributed by atoms with van der Waals surface area (Å²) in [5.41, 5.74) is 1.72. The van der Waals surface area contributed by atoms with E-state index in [1.165, 1.54) is 0 Å². The minimum Gasteiger partial charge on any atom is -0.370 e. The van der Waals surface area contributed by atoms with Gasteiger partial charge in [-0.15, -0.1) is 0 Å². The predicted molar refractivity (Wildman–Crippen MR) is 85.6 cm³/mol. The molecule has 0 aliphatic carbocycles. The zero-order valence-electron chi connectivity index (χ0n) is 12.5. The van der Waals surface area contributed by atoms with Crippen molar-refractivity contribution in [3.05, 3.63) is 23.4 Å². The summed E-state index contributed by atoms with van der Waals surface area (Å²) in [5.74, 6) is 2.99. The Morgan fingerprint density at radius 2 is 2.30 bits per heavy atom. The molecule has 1 saturated heterocycles. The van der Waals surface area contributed by atoms with Gasteiger partial charge in [0, 0.05) is 41.9 Å². The van der Waals surface area contributed by atoms with Crippen molar-refractivity contribution in [1.82, 2.24) is 9.88 Å². The third-order valence-corrected chi connectivity index (χ3v) is 4.66. The molecule has 1 atom stereocenters. The van der Waals surface area contributed by atoms with Gasteiger partial charge in [-0.3, -0.25) is 4.79 Å². The normalized spacial score (nSPS) is 18.9. The fourth-order valence-corrected chi connectivity index (χ4v) is 3.37. The molecule has 1 N–H and O–H groups in total. The van der Waals surface area contributed by atoms with Crippen LogP contribution >= 0.6 is 11.8 Å². The van der Waals surface area contributed by atoms with Crippen molar-refractivity contribution in [3.63, 3.8) is 0 Å². The number of hydrogen-bond donors (Lipinski definition) is 1. The Balaban J connectivity index is 2.25. The van der Waals surface area contributed by atoms with E-state index in [1.54, 1.807) is 0 Å². The molecule has 1 aromatic rings. The van der Waals surface area contributed by atoms with E-state index in [1.807, 2.05) is 35.7 Å². The van der Waals surface area contributed by atoms with E-state index in [9.17, 15) is 4.79 Å². The van der Waals surface area contributed by atoms with Gasteiger partial charge in [-0.05, 0) is 32.4 Å². The second-order valence-electron chi connectivity index (χ2n) is 5.04. The van der Waals surface area contributed by atoms with Gasteiger partial charge in [0.1, 0.15) is 5.82 Å². The molecule has 110 valence electrons. The molecule has 0 radical (unpaired) electrons. The van der Waals surface area contributed by atoms with Gasteiger partial charge in [0.2, 0.25) is 0 Å². The van der Waals surface area contributed by atoms with E-state index in [-0.39, 0.29) is 5.91 Å². The molecular formula is C15H23N3OS. The van der Waals surface area contributed by atoms with Crippen LogP contribution in [0.3, 0.4) is 0 Å². The minimum atomic E-state index is 0.133. The number of anilines is 1. The Kier molecular flexibility index (Phi) is 5.29. The Morgan fingerprint density at radius 1 is 1.50 bits per heavy atom. The number of amides is 1. The van der Waals surface area contributed by atoms with Crippen LogP contribution in [0.1, 0.15) is 36.8 Å². The zero-order valence-corrected chi connectivity index (χ0v) is 13.3. The van der Waals surface area contributed by atoms with Gasteiger partial charge in [-0.1, -0.05) is 6.92 Å². The van der Waals surface area contributed by atoms with Crippen molar-refractivity contribution in [1.29, 1.82) is 0 Å². The molecule has 20 heavy (non-hydrogen) atoms. The number of aromatic nitrogens is 1. The molecule has 1 unspecified atom stereocenters. The molecule has 1 aliphatic heterocycles. The molecule has 0 aromatic carbocycles. The average molecular weight is 293 g/mol. The predicted octanol–water partition coefficient (Wildman–Crippen LogP) is 2.65. The van der Waals surface area contributed by atoms with Crippen molar-refractivity contribution in [3.8, 4) is 0 Å². The van der Waals surface area contributed by atoms with Crippen LogP contribution in [0.25, 0.3) is 0 Å². The van der Waals surface area contributed by atoms with Crippen LogP contribution in [0.4, 0.5) is 5.82 Å². The lowest BCUT2D eigenvalue weighted by Crippen LogP contribution is -2.44. The lowest BCUT2D eigenvalue weighted by atomic mass is 10.1.